The summed E-state index contributed by atoms with van der Waals surface area (Å²) >= 11 is 6.28. The minimum Gasteiger partial charge on any atom is -0.459 e. The third-order valence-electron chi connectivity index (χ3n) is 7.45. The predicted molar refractivity (Wildman–Crippen MR) is 162 cm³/mol. The molecule has 12 heteroatoms. The van der Waals surface area contributed by atoms with Crippen molar-refractivity contribution in [2.45, 2.75) is 37.6 Å². The number of halogens is 3. The van der Waals surface area contributed by atoms with Crippen molar-refractivity contribution < 1.29 is 32.6 Å². The van der Waals surface area contributed by atoms with Crippen molar-refractivity contribution in [1.82, 2.24) is 14.5 Å². The van der Waals surface area contributed by atoms with E-state index in [0.717, 1.165) is 0 Å². The lowest BCUT2D eigenvalue weighted by molar-refractivity contribution is -0.0568. The number of hydrogen-bond donors (Lipinski definition) is 1. The smallest absolute Gasteiger partial charge is 0.338 e. The van der Waals surface area contributed by atoms with E-state index in [1.807, 2.05) is 0 Å². The Kier molecular flexibility index (Phi) is 8.72. The van der Waals surface area contributed by atoms with Crippen LogP contribution in [0.4, 0.5) is 14.6 Å². The van der Waals surface area contributed by atoms with Crippen LogP contribution in [0.25, 0.3) is 11.0 Å². The molecule has 1 saturated heterocycles. The number of ether oxygens (including phenoxy) is 3. The number of hydrogen-bond acceptors (Lipinski definition) is 8. The molecule has 230 valence electrons. The Morgan fingerprint density at radius 3 is 2.29 bits per heavy atom. The van der Waals surface area contributed by atoms with Gasteiger partial charge in [-0.3, -0.25) is 0 Å². The number of carbonyl (C=O) groups excluding carboxylic acids is 2. The Labute approximate surface area is 261 Å². The first-order valence-corrected chi connectivity index (χ1v) is 14.5. The third kappa shape index (κ3) is 6.36. The van der Waals surface area contributed by atoms with E-state index in [4.69, 9.17) is 25.8 Å². The SMILES string of the molecule is C[C@H](Nc1nc(Cl)nc2c1ccn2[C@@H]1O[C@H](COC(=O)c2ccccc2)[C@@H](OC(=O)c2ccccc2)[C@@H]1F)c1ccccc1F. The Balaban J connectivity index is 1.29. The fourth-order valence-corrected chi connectivity index (χ4v) is 5.37. The van der Waals surface area contributed by atoms with Crippen molar-refractivity contribution in [1.29, 1.82) is 0 Å². The maximum atomic E-state index is 16.3. The van der Waals surface area contributed by atoms with Crippen LogP contribution < -0.4 is 5.32 Å². The van der Waals surface area contributed by atoms with Crippen LogP contribution in [0.15, 0.2) is 97.2 Å². The molecule has 1 aliphatic heterocycles. The van der Waals surface area contributed by atoms with Crippen molar-refractivity contribution >= 4 is 40.4 Å². The highest BCUT2D eigenvalue weighted by molar-refractivity contribution is 6.28. The highest BCUT2D eigenvalue weighted by Gasteiger charge is 2.49. The first kappa shape index (κ1) is 30.2. The summed E-state index contributed by atoms with van der Waals surface area (Å²) in [5.41, 5.74) is 1.16. The maximum Gasteiger partial charge on any atom is 0.338 e. The van der Waals surface area contributed by atoms with Gasteiger partial charge in [0.05, 0.1) is 22.6 Å². The van der Waals surface area contributed by atoms with Gasteiger partial charge in [0.2, 0.25) is 5.28 Å². The molecule has 6 rings (SSSR count). The summed E-state index contributed by atoms with van der Waals surface area (Å²) in [6.45, 7) is 1.38. The van der Waals surface area contributed by atoms with Crippen LogP contribution in [-0.4, -0.2) is 51.5 Å². The van der Waals surface area contributed by atoms with Gasteiger partial charge in [0.1, 0.15) is 30.0 Å². The molecule has 5 atom stereocenters. The van der Waals surface area contributed by atoms with Crippen LogP contribution in [0, 0.1) is 5.82 Å². The van der Waals surface area contributed by atoms with E-state index in [9.17, 15) is 14.0 Å². The van der Waals surface area contributed by atoms with Crippen LogP contribution in [-0.2, 0) is 14.2 Å². The van der Waals surface area contributed by atoms with E-state index in [-0.39, 0.29) is 28.9 Å². The van der Waals surface area contributed by atoms with Crippen molar-refractivity contribution in [2.24, 2.45) is 0 Å². The second-order valence-corrected chi connectivity index (χ2v) is 10.7. The molecule has 3 heterocycles. The Bertz CT molecular complexity index is 1820. The number of anilines is 1. The molecule has 1 fully saturated rings. The topological polar surface area (TPSA) is 105 Å². The monoisotopic (exact) mass is 632 g/mol. The number of alkyl halides is 1. The van der Waals surface area contributed by atoms with Gasteiger partial charge < -0.3 is 24.1 Å². The van der Waals surface area contributed by atoms with Gasteiger partial charge in [-0.15, -0.1) is 0 Å². The summed E-state index contributed by atoms with van der Waals surface area (Å²) in [5, 5.41) is 3.49. The van der Waals surface area contributed by atoms with Crippen molar-refractivity contribution in [3.8, 4) is 0 Å². The van der Waals surface area contributed by atoms with E-state index >= 15 is 4.39 Å². The average molecular weight is 633 g/mol. The molecule has 0 aliphatic carbocycles. The number of nitrogens with one attached hydrogen (secondary N) is 1. The Morgan fingerprint density at radius 2 is 1.60 bits per heavy atom. The van der Waals surface area contributed by atoms with Crippen LogP contribution in [0.2, 0.25) is 5.28 Å². The van der Waals surface area contributed by atoms with Crippen molar-refractivity contribution in [2.75, 3.05) is 11.9 Å². The summed E-state index contributed by atoms with van der Waals surface area (Å²) in [6.07, 6.45) is -4.27. The minimum atomic E-state index is -1.89. The number of fused-ring (bicyclic) bond motifs is 1. The molecule has 0 spiro atoms. The quantitative estimate of drug-likeness (QED) is 0.141. The highest BCUT2D eigenvalue weighted by Crippen LogP contribution is 2.38. The summed E-state index contributed by atoms with van der Waals surface area (Å²) in [5.74, 6) is -1.49. The normalized spacial score (nSPS) is 20.1. The van der Waals surface area contributed by atoms with Gasteiger partial charge in [0.25, 0.3) is 0 Å². The zero-order chi connectivity index (χ0) is 31.5. The van der Waals surface area contributed by atoms with Crippen LogP contribution >= 0.6 is 11.6 Å². The zero-order valence-corrected chi connectivity index (χ0v) is 24.6. The second-order valence-electron chi connectivity index (χ2n) is 10.4. The lowest BCUT2D eigenvalue weighted by atomic mass is 10.1. The van der Waals surface area contributed by atoms with Crippen molar-refractivity contribution in [3.63, 3.8) is 0 Å². The standard InChI is InChI=1S/C33H27ClF2N4O5/c1-19(22-14-8-9-15-24(22)35)37-28-23-16-17-40(29(23)39-33(34)38-28)30-26(36)27(45-32(42)21-12-6-3-7-13-21)25(44-30)18-43-31(41)20-10-4-2-5-11-20/h2-17,19,25-27,30H,18H2,1H3,(H,37,38,39)/t19-,25+,26-,27+,30+/m0/s1. The number of carbonyl (C=O) groups is 2. The summed E-state index contributed by atoms with van der Waals surface area (Å²) in [7, 11) is 0. The number of rotatable bonds is 9. The van der Waals surface area contributed by atoms with Gasteiger partial charge in [0.15, 0.2) is 18.5 Å². The highest BCUT2D eigenvalue weighted by atomic mass is 35.5. The van der Waals surface area contributed by atoms with Crippen molar-refractivity contribution in [3.05, 3.63) is 125 Å². The summed E-state index contributed by atoms with van der Waals surface area (Å²) in [4.78, 5) is 34.2. The number of benzene rings is 3. The number of esters is 2. The van der Waals surface area contributed by atoms with Gasteiger partial charge in [-0.05, 0) is 54.9 Å². The predicted octanol–water partition coefficient (Wildman–Crippen LogP) is 6.72. The van der Waals surface area contributed by atoms with Crippen LogP contribution in [0.1, 0.15) is 45.5 Å². The van der Waals surface area contributed by atoms with Crippen LogP contribution in [0.5, 0.6) is 0 Å². The molecule has 0 bridgehead atoms. The molecule has 45 heavy (non-hydrogen) atoms. The molecule has 0 amide bonds. The second kappa shape index (κ2) is 13.0. The minimum absolute atomic E-state index is 0.139. The lowest BCUT2D eigenvalue weighted by Gasteiger charge is -2.19. The zero-order valence-electron chi connectivity index (χ0n) is 23.8. The van der Waals surface area contributed by atoms with Crippen LogP contribution in [0.3, 0.4) is 0 Å². The molecule has 9 nitrogen and oxygen atoms in total. The maximum absolute atomic E-state index is 16.3. The number of nitrogens with zero attached hydrogens (tertiary/aromatic N) is 3. The molecule has 5 aromatic rings. The van der Waals surface area contributed by atoms with E-state index in [1.165, 1.54) is 10.6 Å². The molecular weight excluding hydrogens is 606 g/mol. The lowest BCUT2D eigenvalue weighted by Crippen LogP contribution is -2.37. The van der Waals surface area contributed by atoms with E-state index < -0.39 is 42.6 Å². The summed E-state index contributed by atoms with van der Waals surface area (Å²) in [6, 6.07) is 23.9. The molecule has 1 N–H and O–H groups in total. The average Bonchev–Trinajstić information content (AvgIpc) is 3.61. The first-order chi connectivity index (χ1) is 21.8. The largest absolute Gasteiger partial charge is 0.459 e. The summed E-state index contributed by atoms with van der Waals surface area (Å²) < 4.78 is 49.3. The fourth-order valence-electron chi connectivity index (χ4n) is 5.21. The molecule has 1 aliphatic rings. The van der Waals surface area contributed by atoms with E-state index in [1.54, 1.807) is 98.0 Å². The molecule has 3 aromatic carbocycles. The third-order valence-corrected chi connectivity index (χ3v) is 7.62. The number of aromatic nitrogens is 3. The first-order valence-electron chi connectivity index (χ1n) is 14.1. The fraction of sp³-hybridized carbons (Fsp3) is 0.212. The van der Waals surface area contributed by atoms with Gasteiger partial charge in [-0.1, -0.05) is 54.6 Å². The molecule has 2 aromatic heterocycles. The molecule has 0 radical (unpaired) electrons. The Hall–Kier alpha value is -4.87. The molecule has 0 saturated carbocycles. The van der Waals surface area contributed by atoms with Gasteiger partial charge in [-0.25, -0.2) is 23.4 Å². The molecular formula is C33H27ClF2N4O5. The van der Waals surface area contributed by atoms with Gasteiger partial charge >= 0.3 is 11.9 Å². The van der Waals surface area contributed by atoms with Gasteiger partial charge in [0, 0.05) is 11.8 Å². The molecule has 0 unspecified atom stereocenters. The van der Waals surface area contributed by atoms with E-state index in [0.29, 0.717) is 22.3 Å². The van der Waals surface area contributed by atoms with Gasteiger partial charge in [-0.2, -0.15) is 4.98 Å². The Morgan fingerprint density at radius 1 is 0.956 bits per heavy atom. The van der Waals surface area contributed by atoms with E-state index in [2.05, 4.69) is 15.3 Å².